The fraction of sp³-hybridized carbons (Fsp3) is 0.692. The Balaban J connectivity index is 2.21. The van der Waals surface area contributed by atoms with Gasteiger partial charge in [0.2, 0.25) is 0 Å². The van der Waals surface area contributed by atoms with Gasteiger partial charge in [-0.3, -0.25) is 4.90 Å². The van der Waals surface area contributed by atoms with Gasteiger partial charge in [-0.25, -0.2) is 0 Å². The lowest BCUT2D eigenvalue weighted by atomic mass is 10.0. The van der Waals surface area contributed by atoms with Crippen molar-refractivity contribution >= 4 is 27.3 Å². The zero-order valence-corrected chi connectivity index (χ0v) is 13.3. The van der Waals surface area contributed by atoms with Gasteiger partial charge in [0.25, 0.3) is 0 Å². The summed E-state index contributed by atoms with van der Waals surface area (Å²) >= 11 is 5.25. The van der Waals surface area contributed by atoms with E-state index in [9.17, 15) is 5.11 Å². The highest BCUT2D eigenvalue weighted by Crippen LogP contribution is 2.36. The Morgan fingerprint density at radius 1 is 1.61 bits per heavy atom. The monoisotopic (exact) mass is 332 g/mol. The molecule has 18 heavy (non-hydrogen) atoms. The molecule has 1 aromatic rings. The van der Waals surface area contributed by atoms with Crippen LogP contribution in [0.15, 0.2) is 15.9 Å². The van der Waals surface area contributed by atoms with Crippen molar-refractivity contribution < 1.29 is 5.11 Å². The van der Waals surface area contributed by atoms with Crippen LogP contribution in [0.3, 0.4) is 0 Å². The summed E-state index contributed by atoms with van der Waals surface area (Å²) < 4.78 is 1.14. The van der Waals surface area contributed by atoms with E-state index in [1.807, 2.05) is 6.92 Å². The Hall–Kier alpha value is 0.0600. The number of likely N-dealkylation sites (tertiary alicyclic amines) is 1. The van der Waals surface area contributed by atoms with Gasteiger partial charge in [-0.05, 0) is 47.8 Å². The number of thiophene rings is 1. The standard InChI is InChI=1S/C13H21BrN2OS/c1-3-9(15)12(10-4-5-11(14)18-10)16-7-6-13(2,17)8-16/h4-5,9,12,17H,3,6-8,15H2,1-2H3. The molecule has 0 aromatic carbocycles. The van der Waals surface area contributed by atoms with Gasteiger partial charge in [0.1, 0.15) is 0 Å². The van der Waals surface area contributed by atoms with Crippen molar-refractivity contribution in [2.24, 2.45) is 5.73 Å². The largest absolute Gasteiger partial charge is 0.389 e. The van der Waals surface area contributed by atoms with Crippen LogP contribution in [0.2, 0.25) is 0 Å². The fourth-order valence-corrected chi connectivity index (χ4v) is 4.22. The maximum absolute atomic E-state index is 10.1. The SMILES string of the molecule is CCC(N)C(c1ccc(Br)s1)N1CCC(C)(O)C1. The molecule has 3 N–H and O–H groups in total. The molecule has 3 unspecified atom stereocenters. The summed E-state index contributed by atoms with van der Waals surface area (Å²) in [7, 11) is 0. The molecule has 1 aliphatic rings. The summed E-state index contributed by atoms with van der Waals surface area (Å²) in [6.07, 6.45) is 1.77. The van der Waals surface area contributed by atoms with Gasteiger partial charge in [-0.15, -0.1) is 11.3 Å². The Kier molecular flexibility index (Phi) is 4.49. The number of hydrogen-bond acceptors (Lipinski definition) is 4. The molecule has 0 bridgehead atoms. The summed E-state index contributed by atoms with van der Waals surface area (Å²) in [6, 6.07) is 4.55. The first kappa shape index (κ1) is 14.5. The van der Waals surface area contributed by atoms with Crippen molar-refractivity contribution in [3.05, 3.63) is 20.8 Å². The number of rotatable bonds is 4. The topological polar surface area (TPSA) is 49.5 Å². The third-order valence-corrected chi connectivity index (χ3v) is 5.33. The Morgan fingerprint density at radius 3 is 2.78 bits per heavy atom. The zero-order chi connectivity index (χ0) is 13.3. The molecule has 1 fully saturated rings. The van der Waals surface area contributed by atoms with Crippen LogP contribution in [0.5, 0.6) is 0 Å². The Labute approximate surface area is 121 Å². The maximum atomic E-state index is 10.1. The average molecular weight is 333 g/mol. The summed E-state index contributed by atoms with van der Waals surface area (Å²) in [5.74, 6) is 0. The van der Waals surface area contributed by atoms with Gasteiger partial charge >= 0.3 is 0 Å². The third-order valence-electron chi connectivity index (χ3n) is 3.64. The highest BCUT2D eigenvalue weighted by molar-refractivity contribution is 9.11. The van der Waals surface area contributed by atoms with E-state index in [2.05, 4.69) is 39.9 Å². The Bertz CT molecular complexity index is 407. The van der Waals surface area contributed by atoms with E-state index in [1.54, 1.807) is 11.3 Å². The van der Waals surface area contributed by atoms with Gasteiger partial charge in [0.05, 0.1) is 15.4 Å². The van der Waals surface area contributed by atoms with E-state index >= 15 is 0 Å². The van der Waals surface area contributed by atoms with Gasteiger partial charge < -0.3 is 10.8 Å². The van der Waals surface area contributed by atoms with Crippen molar-refractivity contribution in [3.63, 3.8) is 0 Å². The molecule has 1 aliphatic heterocycles. The third kappa shape index (κ3) is 3.14. The molecule has 0 amide bonds. The first-order chi connectivity index (χ1) is 8.43. The molecule has 2 rings (SSSR count). The molecule has 1 saturated heterocycles. The fourth-order valence-electron chi connectivity index (χ4n) is 2.59. The number of nitrogens with zero attached hydrogens (tertiary/aromatic N) is 1. The quantitative estimate of drug-likeness (QED) is 0.891. The molecule has 0 aliphatic carbocycles. The van der Waals surface area contributed by atoms with Crippen LogP contribution in [-0.4, -0.2) is 34.7 Å². The first-order valence-electron chi connectivity index (χ1n) is 6.40. The average Bonchev–Trinajstić information content (AvgIpc) is 2.86. The van der Waals surface area contributed by atoms with Crippen LogP contribution >= 0.6 is 27.3 Å². The van der Waals surface area contributed by atoms with Crippen molar-refractivity contribution in [1.29, 1.82) is 0 Å². The number of nitrogens with two attached hydrogens (primary N) is 1. The zero-order valence-electron chi connectivity index (χ0n) is 10.9. The predicted octanol–water partition coefficient (Wildman–Crippen LogP) is 2.75. The lowest BCUT2D eigenvalue weighted by Crippen LogP contribution is -2.41. The van der Waals surface area contributed by atoms with E-state index in [4.69, 9.17) is 5.73 Å². The molecule has 1 aromatic heterocycles. The second-order valence-corrected chi connectivity index (χ2v) is 7.87. The van der Waals surface area contributed by atoms with Crippen LogP contribution < -0.4 is 5.73 Å². The minimum absolute atomic E-state index is 0.115. The van der Waals surface area contributed by atoms with Crippen molar-refractivity contribution in [2.45, 2.75) is 44.4 Å². The normalized spacial score (nSPS) is 28.5. The lowest BCUT2D eigenvalue weighted by Gasteiger charge is -2.32. The molecule has 2 heterocycles. The van der Waals surface area contributed by atoms with Crippen molar-refractivity contribution in [3.8, 4) is 0 Å². The molecule has 102 valence electrons. The second-order valence-electron chi connectivity index (χ2n) is 5.38. The minimum Gasteiger partial charge on any atom is -0.389 e. The summed E-state index contributed by atoms with van der Waals surface area (Å²) in [5, 5.41) is 10.1. The molecular formula is C13H21BrN2OS. The summed E-state index contributed by atoms with van der Waals surface area (Å²) in [5.41, 5.74) is 5.73. The van der Waals surface area contributed by atoms with Crippen LogP contribution in [0.4, 0.5) is 0 Å². The van der Waals surface area contributed by atoms with Gasteiger partial charge in [-0.2, -0.15) is 0 Å². The maximum Gasteiger partial charge on any atom is 0.0758 e. The smallest absolute Gasteiger partial charge is 0.0758 e. The molecule has 0 radical (unpaired) electrons. The second kappa shape index (κ2) is 5.59. The van der Waals surface area contributed by atoms with Crippen LogP contribution in [0, 0.1) is 0 Å². The van der Waals surface area contributed by atoms with Gasteiger partial charge in [0.15, 0.2) is 0 Å². The lowest BCUT2D eigenvalue weighted by molar-refractivity contribution is 0.0597. The summed E-state index contributed by atoms with van der Waals surface area (Å²) in [4.78, 5) is 3.61. The van der Waals surface area contributed by atoms with Crippen molar-refractivity contribution in [2.75, 3.05) is 13.1 Å². The van der Waals surface area contributed by atoms with Crippen LogP contribution in [0.1, 0.15) is 37.6 Å². The van der Waals surface area contributed by atoms with Crippen LogP contribution in [0.25, 0.3) is 0 Å². The van der Waals surface area contributed by atoms with Gasteiger partial charge in [0, 0.05) is 24.0 Å². The van der Waals surface area contributed by atoms with E-state index in [1.165, 1.54) is 4.88 Å². The minimum atomic E-state index is -0.569. The molecular weight excluding hydrogens is 312 g/mol. The number of hydrogen-bond donors (Lipinski definition) is 2. The van der Waals surface area contributed by atoms with Crippen LogP contribution in [-0.2, 0) is 0 Å². The highest BCUT2D eigenvalue weighted by Gasteiger charge is 2.37. The first-order valence-corrected chi connectivity index (χ1v) is 8.01. The molecule has 3 atom stereocenters. The molecule has 0 saturated carbocycles. The van der Waals surface area contributed by atoms with Crippen molar-refractivity contribution in [1.82, 2.24) is 4.90 Å². The molecule has 5 heteroatoms. The number of β-amino-alcohol motifs (C(OH)–C–C–N with tert-alkyl or cyclic N) is 1. The molecule has 0 spiro atoms. The van der Waals surface area contributed by atoms with E-state index in [-0.39, 0.29) is 12.1 Å². The van der Waals surface area contributed by atoms with E-state index in [0.29, 0.717) is 6.54 Å². The van der Waals surface area contributed by atoms with E-state index in [0.717, 1.165) is 23.2 Å². The number of halogens is 1. The summed E-state index contributed by atoms with van der Waals surface area (Å²) in [6.45, 7) is 5.65. The molecule has 3 nitrogen and oxygen atoms in total. The van der Waals surface area contributed by atoms with E-state index < -0.39 is 5.60 Å². The number of aliphatic hydroxyl groups is 1. The Morgan fingerprint density at radius 2 is 2.33 bits per heavy atom. The predicted molar refractivity (Wildman–Crippen MR) is 79.8 cm³/mol. The highest BCUT2D eigenvalue weighted by atomic mass is 79.9. The van der Waals surface area contributed by atoms with Gasteiger partial charge in [-0.1, -0.05) is 6.92 Å².